The molecule has 94 valence electrons. The van der Waals surface area contributed by atoms with Gasteiger partial charge in [0.2, 0.25) is 11.8 Å². The summed E-state index contributed by atoms with van der Waals surface area (Å²) in [5.74, 6) is 0.374. The second kappa shape index (κ2) is 4.44. The average molecular weight is 244 g/mol. The number of para-hydroxylation sites is 1. The van der Waals surface area contributed by atoms with E-state index in [9.17, 15) is 9.59 Å². The number of hydrogen-bond acceptors (Lipinski definition) is 2. The topological polar surface area (TPSA) is 40.6 Å². The number of amides is 2. The molecule has 0 aromatic heterocycles. The van der Waals surface area contributed by atoms with Gasteiger partial charge in [-0.1, -0.05) is 18.2 Å². The highest BCUT2D eigenvalue weighted by molar-refractivity contribution is 5.98. The van der Waals surface area contributed by atoms with Crippen LogP contribution in [0.4, 0.5) is 5.69 Å². The van der Waals surface area contributed by atoms with Crippen LogP contribution in [0.2, 0.25) is 0 Å². The van der Waals surface area contributed by atoms with Crippen molar-refractivity contribution in [1.29, 1.82) is 0 Å². The molecule has 2 aliphatic rings. The van der Waals surface area contributed by atoms with Crippen LogP contribution in [-0.2, 0) is 9.59 Å². The van der Waals surface area contributed by atoms with Crippen molar-refractivity contribution in [2.45, 2.75) is 12.8 Å². The van der Waals surface area contributed by atoms with E-state index in [1.165, 1.54) is 0 Å². The second-order valence-corrected chi connectivity index (χ2v) is 4.91. The van der Waals surface area contributed by atoms with Gasteiger partial charge in [-0.3, -0.25) is 9.59 Å². The van der Waals surface area contributed by atoms with Gasteiger partial charge in [-0.25, -0.2) is 0 Å². The van der Waals surface area contributed by atoms with Crippen molar-refractivity contribution in [2.75, 3.05) is 24.5 Å². The molecular weight excluding hydrogens is 228 g/mol. The molecule has 1 saturated carbocycles. The Bertz CT molecular complexity index is 468. The predicted octanol–water partition coefficient (Wildman–Crippen LogP) is 1.27. The van der Waals surface area contributed by atoms with Crippen molar-refractivity contribution in [2.24, 2.45) is 5.92 Å². The number of nitrogens with zero attached hydrogens (tertiary/aromatic N) is 2. The molecule has 0 atom stereocenters. The van der Waals surface area contributed by atoms with Crippen LogP contribution in [0.3, 0.4) is 0 Å². The van der Waals surface area contributed by atoms with Gasteiger partial charge in [0.05, 0.1) is 0 Å². The summed E-state index contributed by atoms with van der Waals surface area (Å²) in [5.41, 5.74) is 0.918. The molecule has 4 heteroatoms. The van der Waals surface area contributed by atoms with E-state index in [0.717, 1.165) is 18.5 Å². The molecule has 1 aromatic rings. The minimum absolute atomic E-state index is 0.0152. The maximum absolute atomic E-state index is 12.1. The van der Waals surface area contributed by atoms with Gasteiger partial charge in [0.15, 0.2) is 0 Å². The van der Waals surface area contributed by atoms with Crippen LogP contribution in [0.25, 0.3) is 0 Å². The van der Waals surface area contributed by atoms with Crippen molar-refractivity contribution in [3.8, 4) is 0 Å². The zero-order valence-electron chi connectivity index (χ0n) is 10.2. The molecular formula is C14H16N2O2. The van der Waals surface area contributed by atoms with E-state index in [2.05, 4.69) is 0 Å². The first-order valence-electron chi connectivity index (χ1n) is 6.40. The van der Waals surface area contributed by atoms with Crippen molar-refractivity contribution >= 4 is 17.5 Å². The fraction of sp³-hybridized carbons (Fsp3) is 0.429. The molecule has 2 amide bonds. The van der Waals surface area contributed by atoms with Crippen LogP contribution in [0.15, 0.2) is 30.3 Å². The van der Waals surface area contributed by atoms with E-state index in [4.69, 9.17) is 0 Å². The molecule has 0 spiro atoms. The summed E-state index contributed by atoms with van der Waals surface area (Å²) in [4.78, 5) is 27.5. The number of rotatable bonds is 2. The molecule has 0 bridgehead atoms. The van der Waals surface area contributed by atoms with Crippen LogP contribution in [0, 0.1) is 5.92 Å². The molecule has 1 aliphatic heterocycles. The first-order chi connectivity index (χ1) is 8.75. The lowest BCUT2D eigenvalue weighted by Gasteiger charge is -2.34. The number of hydrogen-bond donors (Lipinski definition) is 0. The van der Waals surface area contributed by atoms with Gasteiger partial charge >= 0.3 is 0 Å². The van der Waals surface area contributed by atoms with Crippen LogP contribution >= 0.6 is 0 Å². The molecule has 3 rings (SSSR count). The number of piperazine rings is 1. The Morgan fingerprint density at radius 2 is 1.83 bits per heavy atom. The number of anilines is 1. The third-order valence-corrected chi connectivity index (χ3v) is 3.53. The molecule has 0 radical (unpaired) electrons. The van der Waals surface area contributed by atoms with Gasteiger partial charge in [0.1, 0.15) is 6.54 Å². The SMILES string of the molecule is O=C(C1CC1)N1CCN(c2ccccc2)C(=O)C1. The van der Waals surface area contributed by atoms with E-state index < -0.39 is 0 Å². The van der Waals surface area contributed by atoms with E-state index in [-0.39, 0.29) is 24.3 Å². The number of carbonyl (C=O) groups excluding carboxylic acids is 2. The highest BCUT2D eigenvalue weighted by Crippen LogP contribution is 2.31. The quantitative estimate of drug-likeness (QED) is 0.786. The third-order valence-electron chi connectivity index (χ3n) is 3.53. The summed E-state index contributed by atoms with van der Waals surface area (Å²) in [7, 11) is 0. The van der Waals surface area contributed by atoms with E-state index in [1.54, 1.807) is 9.80 Å². The van der Waals surface area contributed by atoms with Gasteiger partial charge in [-0.2, -0.15) is 0 Å². The number of benzene rings is 1. The van der Waals surface area contributed by atoms with Crippen molar-refractivity contribution in [1.82, 2.24) is 4.90 Å². The lowest BCUT2D eigenvalue weighted by molar-refractivity contribution is -0.137. The maximum Gasteiger partial charge on any atom is 0.246 e. The van der Waals surface area contributed by atoms with Crippen molar-refractivity contribution in [3.05, 3.63) is 30.3 Å². The van der Waals surface area contributed by atoms with E-state index >= 15 is 0 Å². The largest absolute Gasteiger partial charge is 0.331 e. The fourth-order valence-electron chi connectivity index (χ4n) is 2.33. The molecule has 0 unspecified atom stereocenters. The molecule has 1 aliphatic carbocycles. The Hall–Kier alpha value is -1.84. The summed E-state index contributed by atoms with van der Waals surface area (Å²) >= 11 is 0. The molecule has 1 saturated heterocycles. The summed E-state index contributed by atoms with van der Waals surface area (Å²) in [6, 6.07) is 9.63. The Morgan fingerprint density at radius 1 is 1.11 bits per heavy atom. The van der Waals surface area contributed by atoms with Gasteiger partial charge in [0, 0.05) is 24.7 Å². The maximum atomic E-state index is 12.1. The summed E-state index contributed by atoms with van der Waals surface area (Å²) in [5, 5.41) is 0. The normalized spacial score (nSPS) is 20.1. The van der Waals surface area contributed by atoms with Gasteiger partial charge < -0.3 is 9.80 Å². The third kappa shape index (κ3) is 2.10. The fourth-order valence-corrected chi connectivity index (χ4v) is 2.33. The lowest BCUT2D eigenvalue weighted by Crippen LogP contribution is -2.52. The van der Waals surface area contributed by atoms with Gasteiger partial charge in [-0.15, -0.1) is 0 Å². The highest BCUT2D eigenvalue weighted by atomic mass is 16.2. The summed E-state index contributed by atoms with van der Waals surface area (Å²) in [6.07, 6.45) is 1.98. The molecule has 1 aromatic carbocycles. The highest BCUT2D eigenvalue weighted by Gasteiger charge is 2.36. The van der Waals surface area contributed by atoms with Crippen molar-refractivity contribution in [3.63, 3.8) is 0 Å². The van der Waals surface area contributed by atoms with Crippen LogP contribution in [0.1, 0.15) is 12.8 Å². The first-order valence-corrected chi connectivity index (χ1v) is 6.40. The average Bonchev–Trinajstić information content (AvgIpc) is 3.23. The minimum atomic E-state index is 0.0152. The lowest BCUT2D eigenvalue weighted by atomic mass is 10.2. The Morgan fingerprint density at radius 3 is 2.44 bits per heavy atom. The second-order valence-electron chi connectivity index (χ2n) is 4.91. The number of carbonyl (C=O) groups is 2. The van der Waals surface area contributed by atoms with E-state index in [0.29, 0.717) is 13.1 Å². The van der Waals surface area contributed by atoms with Crippen molar-refractivity contribution < 1.29 is 9.59 Å². The first kappa shape index (κ1) is 11.3. The standard InChI is InChI=1S/C14H16N2O2/c17-13-10-15(14(18)11-6-7-11)8-9-16(13)12-4-2-1-3-5-12/h1-5,11H,6-10H2. The van der Waals surface area contributed by atoms with Gasteiger partial charge in [-0.05, 0) is 25.0 Å². The minimum Gasteiger partial charge on any atom is -0.331 e. The van der Waals surface area contributed by atoms with Crippen LogP contribution in [0.5, 0.6) is 0 Å². The Balaban J connectivity index is 1.68. The molecule has 0 N–H and O–H groups in total. The zero-order valence-corrected chi connectivity index (χ0v) is 10.2. The molecule has 1 heterocycles. The Kier molecular flexibility index (Phi) is 2.78. The molecule has 18 heavy (non-hydrogen) atoms. The zero-order chi connectivity index (χ0) is 12.5. The Labute approximate surface area is 106 Å². The summed E-state index contributed by atoms with van der Waals surface area (Å²) < 4.78 is 0. The monoisotopic (exact) mass is 244 g/mol. The van der Waals surface area contributed by atoms with Gasteiger partial charge in [0.25, 0.3) is 0 Å². The van der Waals surface area contributed by atoms with E-state index in [1.807, 2.05) is 30.3 Å². The predicted molar refractivity (Wildman–Crippen MR) is 68.1 cm³/mol. The van der Waals surface area contributed by atoms with Crippen LogP contribution in [-0.4, -0.2) is 36.3 Å². The molecule has 2 fully saturated rings. The summed E-state index contributed by atoms with van der Waals surface area (Å²) in [6.45, 7) is 1.47. The van der Waals surface area contributed by atoms with Crippen LogP contribution < -0.4 is 4.90 Å². The smallest absolute Gasteiger partial charge is 0.246 e. The molecule has 4 nitrogen and oxygen atoms in total.